The fraction of sp³-hybridized carbons (Fsp3) is 0.462. The number of carbonyl (C=O) groups is 1. The predicted octanol–water partition coefficient (Wildman–Crippen LogP) is 3.42. The summed E-state index contributed by atoms with van der Waals surface area (Å²) >= 11 is 0. The minimum atomic E-state index is 0.231. The number of fused-ring (bicyclic) bond motifs is 1. The van der Waals surface area contributed by atoms with E-state index in [1.165, 1.54) is 16.7 Å². The van der Waals surface area contributed by atoms with Crippen molar-refractivity contribution in [1.29, 1.82) is 0 Å². The topological polar surface area (TPSA) is 57.2 Å². The number of carbonyl (C=O) groups excluding carboxylic acids is 1. The van der Waals surface area contributed by atoms with Gasteiger partial charge in [-0.05, 0) is 29.5 Å². The van der Waals surface area contributed by atoms with Crippen molar-refractivity contribution in [3.8, 4) is 0 Å². The Labute approximate surface area is 191 Å². The molecule has 1 N–H and O–H groups in total. The lowest BCUT2D eigenvalue weighted by molar-refractivity contribution is -0.131. The van der Waals surface area contributed by atoms with Crippen LogP contribution >= 0.6 is 0 Å². The van der Waals surface area contributed by atoms with Crippen LogP contribution in [0.3, 0.4) is 0 Å². The Bertz CT molecular complexity index is 890. The van der Waals surface area contributed by atoms with Gasteiger partial charge in [0.15, 0.2) is 5.96 Å². The van der Waals surface area contributed by atoms with Crippen LogP contribution in [0.5, 0.6) is 0 Å². The van der Waals surface area contributed by atoms with Gasteiger partial charge < -0.3 is 19.9 Å². The van der Waals surface area contributed by atoms with Crippen LogP contribution in [-0.2, 0) is 29.2 Å². The van der Waals surface area contributed by atoms with E-state index in [0.717, 1.165) is 58.1 Å². The van der Waals surface area contributed by atoms with Crippen LogP contribution in [0.4, 0.5) is 0 Å². The second-order valence-corrected chi connectivity index (χ2v) is 8.70. The van der Waals surface area contributed by atoms with Gasteiger partial charge in [0, 0.05) is 52.1 Å². The van der Waals surface area contributed by atoms with Gasteiger partial charge >= 0.3 is 0 Å². The van der Waals surface area contributed by atoms with Crippen molar-refractivity contribution in [2.45, 2.75) is 39.0 Å². The first kappa shape index (κ1) is 22.3. The van der Waals surface area contributed by atoms with Gasteiger partial charge in [0.1, 0.15) is 0 Å². The summed E-state index contributed by atoms with van der Waals surface area (Å²) in [6.45, 7) is 5.63. The summed E-state index contributed by atoms with van der Waals surface area (Å²) < 4.78 is 5.93. The van der Waals surface area contributed by atoms with Crippen LogP contribution in [0.1, 0.15) is 36.0 Å². The predicted molar refractivity (Wildman–Crippen MR) is 127 cm³/mol. The first-order valence-electron chi connectivity index (χ1n) is 11.6. The van der Waals surface area contributed by atoms with Crippen LogP contribution in [0.25, 0.3) is 0 Å². The average Bonchev–Trinajstić information content (AvgIpc) is 3.47. The van der Waals surface area contributed by atoms with E-state index in [2.05, 4.69) is 39.5 Å². The molecule has 1 fully saturated rings. The van der Waals surface area contributed by atoms with Crippen molar-refractivity contribution < 1.29 is 9.53 Å². The molecule has 0 aliphatic carbocycles. The molecule has 2 aliphatic heterocycles. The third-order valence-electron chi connectivity index (χ3n) is 6.31. The van der Waals surface area contributed by atoms with Gasteiger partial charge in [0.2, 0.25) is 5.91 Å². The van der Waals surface area contributed by atoms with Crippen molar-refractivity contribution in [2.75, 3.05) is 33.3 Å². The molecule has 0 spiro atoms. The molecule has 6 nitrogen and oxygen atoms in total. The van der Waals surface area contributed by atoms with Gasteiger partial charge in [-0.3, -0.25) is 9.79 Å². The maximum Gasteiger partial charge on any atom is 0.223 e. The minimum absolute atomic E-state index is 0.231. The fourth-order valence-corrected chi connectivity index (χ4v) is 4.52. The molecule has 32 heavy (non-hydrogen) atoms. The molecule has 2 heterocycles. The summed E-state index contributed by atoms with van der Waals surface area (Å²) in [5.74, 6) is 1.68. The Kier molecular flexibility index (Phi) is 7.77. The van der Waals surface area contributed by atoms with Gasteiger partial charge in [-0.25, -0.2) is 0 Å². The Balaban J connectivity index is 1.12. The zero-order valence-electron chi connectivity index (χ0n) is 19.0. The number of nitrogens with one attached hydrogen (secondary N) is 1. The van der Waals surface area contributed by atoms with Crippen LogP contribution in [0, 0.1) is 5.92 Å². The number of nitrogens with zero attached hydrogens (tertiary/aromatic N) is 3. The number of guanidine groups is 1. The van der Waals surface area contributed by atoms with Gasteiger partial charge in [-0.2, -0.15) is 0 Å². The number of rotatable bonds is 8. The van der Waals surface area contributed by atoms with Crippen molar-refractivity contribution in [1.82, 2.24) is 15.1 Å². The van der Waals surface area contributed by atoms with Crippen molar-refractivity contribution in [3.63, 3.8) is 0 Å². The van der Waals surface area contributed by atoms with Crippen LogP contribution < -0.4 is 5.32 Å². The number of amides is 1. The number of hydrogen-bond donors (Lipinski definition) is 1. The molecule has 4 rings (SSSR count). The molecular weight excluding hydrogens is 400 g/mol. The zero-order chi connectivity index (χ0) is 22.2. The number of aliphatic imine (C=N–C) groups is 1. The van der Waals surface area contributed by atoms with E-state index in [4.69, 9.17) is 4.74 Å². The summed E-state index contributed by atoms with van der Waals surface area (Å²) in [5, 5.41) is 3.44. The first-order valence-corrected chi connectivity index (χ1v) is 11.6. The summed E-state index contributed by atoms with van der Waals surface area (Å²) in [5.41, 5.74) is 3.76. The third kappa shape index (κ3) is 5.88. The molecule has 0 aromatic heterocycles. The van der Waals surface area contributed by atoms with E-state index in [-0.39, 0.29) is 5.91 Å². The van der Waals surface area contributed by atoms with Gasteiger partial charge in [-0.15, -0.1) is 0 Å². The van der Waals surface area contributed by atoms with Crippen LogP contribution in [0.2, 0.25) is 0 Å². The highest BCUT2D eigenvalue weighted by Gasteiger charge is 2.25. The average molecular weight is 435 g/mol. The molecular formula is C26H34N4O2. The lowest BCUT2D eigenvalue weighted by Crippen LogP contribution is -2.40. The summed E-state index contributed by atoms with van der Waals surface area (Å²) in [7, 11) is 1.83. The molecule has 6 heteroatoms. The van der Waals surface area contributed by atoms with E-state index in [0.29, 0.717) is 18.9 Å². The number of likely N-dealkylation sites (tertiary alicyclic amines) is 1. The molecule has 2 aliphatic rings. The highest BCUT2D eigenvalue weighted by molar-refractivity contribution is 5.80. The summed E-state index contributed by atoms with van der Waals surface area (Å²) in [6.07, 6.45) is 2.49. The highest BCUT2D eigenvalue weighted by atomic mass is 16.5. The number of hydrogen-bond acceptors (Lipinski definition) is 3. The lowest BCUT2D eigenvalue weighted by Gasteiger charge is -2.22. The summed E-state index contributed by atoms with van der Waals surface area (Å²) in [6, 6.07) is 18.6. The molecule has 2 aromatic carbocycles. The van der Waals surface area contributed by atoms with Gasteiger partial charge in [0.05, 0.1) is 13.2 Å². The maximum absolute atomic E-state index is 12.6. The maximum atomic E-state index is 12.6. The zero-order valence-corrected chi connectivity index (χ0v) is 19.0. The molecule has 2 aromatic rings. The standard InChI is InChI=1S/C26H34N4O2/c1-27-26(29-15-13-22(16-29)20-32-19-21-8-3-2-4-9-21)28-14-7-12-25(31)30-17-23-10-5-6-11-24(23)18-30/h2-6,8-11,22H,7,12-20H2,1H3,(H,27,28). The second kappa shape index (κ2) is 11.1. The quantitative estimate of drug-likeness (QED) is 0.393. The molecule has 0 radical (unpaired) electrons. The lowest BCUT2D eigenvalue weighted by atomic mass is 10.1. The van der Waals surface area contributed by atoms with Crippen molar-refractivity contribution in [3.05, 3.63) is 71.3 Å². The molecule has 1 atom stereocenters. The largest absolute Gasteiger partial charge is 0.376 e. The van der Waals surface area contributed by atoms with Gasteiger partial charge in [0.25, 0.3) is 0 Å². The van der Waals surface area contributed by atoms with Crippen molar-refractivity contribution >= 4 is 11.9 Å². The second-order valence-electron chi connectivity index (χ2n) is 8.70. The van der Waals surface area contributed by atoms with Crippen LogP contribution in [-0.4, -0.2) is 55.0 Å². The van der Waals surface area contributed by atoms with E-state index < -0.39 is 0 Å². The van der Waals surface area contributed by atoms with E-state index in [1.54, 1.807) is 0 Å². The third-order valence-corrected chi connectivity index (χ3v) is 6.31. The molecule has 1 saturated heterocycles. The summed E-state index contributed by atoms with van der Waals surface area (Å²) in [4.78, 5) is 21.3. The molecule has 0 saturated carbocycles. The molecule has 1 unspecified atom stereocenters. The fourth-order valence-electron chi connectivity index (χ4n) is 4.52. The highest BCUT2D eigenvalue weighted by Crippen LogP contribution is 2.23. The molecule has 1 amide bonds. The first-order chi connectivity index (χ1) is 15.7. The van der Waals surface area contributed by atoms with E-state index in [1.807, 2.05) is 42.3 Å². The Morgan fingerprint density at radius 3 is 2.50 bits per heavy atom. The van der Waals surface area contributed by atoms with Gasteiger partial charge in [-0.1, -0.05) is 54.6 Å². The smallest absolute Gasteiger partial charge is 0.223 e. The number of ether oxygens (including phenoxy) is 1. The van der Waals surface area contributed by atoms with E-state index in [9.17, 15) is 4.79 Å². The molecule has 170 valence electrons. The monoisotopic (exact) mass is 434 g/mol. The Morgan fingerprint density at radius 2 is 1.78 bits per heavy atom. The Hall–Kier alpha value is -2.86. The Morgan fingerprint density at radius 1 is 1.06 bits per heavy atom. The van der Waals surface area contributed by atoms with E-state index >= 15 is 0 Å². The normalized spacial score (nSPS) is 18.2. The minimum Gasteiger partial charge on any atom is -0.376 e. The number of benzene rings is 2. The SMILES string of the molecule is CN=C(NCCCC(=O)N1Cc2ccccc2C1)N1CCC(COCc2ccccc2)C1. The molecule has 0 bridgehead atoms. The van der Waals surface area contributed by atoms with Crippen LogP contribution in [0.15, 0.2) is 59.6 Å². The van der Waals surface area contributed by atoms with Crippen molar-refractivity contribution in [2.24, 2.45) is 10.9 Å².